The molecule has 2 aliphatic carbocycles. The Morgan fingerprint density at radius 1 is 1.23 bits per heavy atom. The van der Waals surface area contributed by atoms with Gasteiger partial charge in [-0.2, -0.15) is 0 Å². The van der Waals surface area contributed by atoms with Gasteiger partial charge in [-0.25, -0.2) is 0 Å². The summed E-state index contributed by atoms with van der Waals surface area (Å²) in [5.41, 5.74) is 4.05. The fourth-order valence-corrected chi connectivity index (χ4v) is 7.98. The smallest absolute Gasteiger partial charge is 0.0546 e. The van der Waals surface area contributed by atoms with E-state index >= 15 is 0 Å². The Hall–Kier alpha value is -1.28. The fraction of sp³-hybridized carbons (Fsp3) is 0.600. The Bertz CT molecular complexity index is 724. The zero-order chi connectivity index (χ0) is 14.7. The van der Waals surface area contributed by atoms with Gasteiger partial charge in [0, 0.05) is 29.1 Å². The van der Waals surface area contributed by atoms with Crippen molar-refractivity contribution in [1.82, 2.24) is 4.90 Å². The first-order valence-electron chi connectivity index (χ1n) is 8.96. The summed E-state index contributed by atoms with van der Waals surface area (Å²) >= 11 is 0. The second-order valence-corrected chi connectivity index (χ2v) is 8.50. The summed E-state index contributed by atoms with van der Waals surface area (Å²) in [5, 5.41) is 4.11. The van der Waals surface area contributed by atoms with Crippen molar-refractivity contribution in [2.75, 3.05) is 18.4 Å². The standard InChI is InChI=1S/C20H24N2/c1-13-12-18-8-5-10-22-11-9-19(17(18)22)15-6-3-4-7-16(15)21-20(13,19)14(18)2/h3-8,13-14,17,21H,9-12H2,1-2H3/t13-,14-,17+,18+,19-,20-/m1/s1. The number of rotatable bonds is 0. The molecule has 2 heteroatoms. The van der Waals surface area contributed by atoms with E-state index in [1.165, 1.54) is 25.1 Å². The number of benzene rings is 1. The number of nitrogens with zero attached hydrogens (tertiary/aromatic N) is 1. The minimum absolute atomic E-state index is 0.269. The van der Waals surface area contributed by atoms with Gasteiger partial charge in [0.05, 0.1) is 5.54 Å². The van der Waals surface area contributed by atoms with E-state index in [1.807, 2.05) is 0 Å². The Kier molecular flexibility index (Phi) is 1.83. The first kappa shape index (κ1) is 12.2. The Balaban J connectivity index is 1.74. The zero-order valence-corrected chi connectivity index (χ0v) is 13.5. The highest BCUT2D eigenvalue weighted by Gasteiger charge is 2.83. The van der Waals surface area contributed by atoms with Crippen LogP contribution in [-0.2, 0) is 5.41 Å². The highest BCUT2D eigenvalue weighted by atomic mass is 15.3. The van der Waals surface area contributed by atoms with Crippen LogP contribution in [0.5, 0.6) is 0 Å². The lowest BCUT2D eigenvalue weighted by Crippen LogP contribution is -2.60. The van der Waals surface area contributed by atoms with Gasteiger partial charge in [0.2, 0.25) is 0 Å². The second kappa shape index (κ2) is 3.31. The van der Waals surface area contributed by atoms with Gasteiger partial charge in [-0.15, -0.1) is 0 Å². The molecule has 1 aromatic carbocycles. The lowest BCUT2D eigenvalue weighted by molar-refractivity contribution is 0.0805. The molecule has 3 spiro atoms. The average Bonchev–Trinajstić information content (AvgIpc) is 3.17. The first-order valence-corrected chi connectivity index (χ1v) is 8.96. The molecular weight excluding hydrogens is 268 g/mol. The number of hydrogen-bond acceptors (Lipinski definition) is 2. The molecule has 0 amide bonds. The molecular formula is C20H24N2. The van der Waals surface area contributed by atoms with Crippen molar-refractivity contribution in [3.05, 3.63) is 42.0 Å². The van der Waals surface area contributed by atoms with Crippen molar-refractivity contribution in [3.63, 3.8) is 0 Å². The maximum Gasteiger partial charge on any atom is 0.0546 e. The zero-order valence-electron chi connectivity index (χ0n) is 13.5. The van der Waals surface area contributed by atoms with Crippen molar-refractivity contribution >= 4 is 5.69 Å². The van der Waals surface area contributed by atoms with E-state index < -0.39 is 0 Å². The molecule has 3 fully saturated rings. The van der Waals surface area contributed by atoms with Gasteiger partial charge in [-0.1, -0.05) is 44.2 Å². The van der Waals surface area contributed by atoms with Crippen molar-refractivity contribution in [3.8, 4) is 0 Å². The van der Waals surface area contributed by atoms with E-state index in [-0.39, 0.29) is 5.54 Å². The number of fused-ring (bicyclic) bond motifs is 1. The summed E-state index contributed by atoms with van der Waals surface area (Å²) < 4.78 is 0. The van der Waals surface area contributed by atoms with E-state index in [2.05, 4.69) is 60.5 Å². The van der Waals surface area contributed by atoms with Gasteiger partial charge in [0.1, 0.15) is 0 Å². The number of anilines is 1. The summed E-state index contributed by atoms with van der Waals surface area (Å²) in [6, 6.07) is 9.91. The largest absolute Gasteiger partial charge is 0.378 e. The van der Waals surface area contributed by atoms with Crippen LogP contribution < -0.4 is 5.32 Å². The van der Waals surface area contributed by atoms with Crippen molar-refractivity contribution in [1.29, 1.82) is 0 Å². The summed E-state index contributed by atoms with van der Waals surface area (Å²) in [5.74, 6) is 1.46. The molecule has 2 saturated carbocycles. The molecule has 2 bridgehead atoms. The summed E-state index contributed by atoms with van der Waals surface area (Å²) in [6.07, 6.45) is 7.78. The van der Waals surface area contributed by atoms with Crippen LogP contribution in [0.15, 0.2) is 36.4 Å². The molecule has 3 aliphatic heterocycles. The van der Waals surface area contributed by atoms with Crippen LogP contribution in [0.2, 0.25) is 0 Å². The molecule has 22 heavy (non-hydrogen) atoms. The molecule has 1 N–H and O–H groups in total. The van der Waals surface area contributed by atoms with Gasteiger partial charge >= 0.3 is 0 Å². The van der Waals surface area contributed by atoms with Gasteiger partial charge in [-0.3, -0.25) is 4.90 Å². The number of para-hydroxylation sites is 1. The van der Waals surface area contributed by atoms with Crippen LogP contribution in [-0.4, -0.2) is 29.6 Å². The third kappa shape index (κ3) is 0.880. The fourth-order valence-electron chi connectivity index (χ4n) is 7.98. The molecule has 114 valence electrons. The summed E-state index contributed by atoms with van der Waals surface area (Å²) in [4.78, 5) is 2.80. The topological polar surface area (TPSA) is 15.3 Å². The Morgan fingerprint density at radius 3 is 3.00 bits per heavy atom. The Labute approximate surface area is 132 Å². The number of hydrogen-bond donors (Lipinski definition) is 1. The molecule has 3 heterocycles. The highest BCUT2D eigenvalue weighted by Crippen LogP contribution is 2.78. The lowest BCUT2D eigenvalue weighted by Gasteiger charge is -2.51. The monoisotopic (exact) mass is 292 g/mol. The molecule has 0 radical (unpaired) electrons. The third-order valence-electron chi connectivity index (χ3n) is 8.32. The molecule has 0 aromatic heterocycles. The first-order chi connectivity index (χ1) is 10.7. The van der Waals surface area contributed by atoms with Crippen molar-refractivity contribution < 1.29 is 0 Å². The van der Waals surface area contributed by atoms with Crippen molar-refractivity contribution in [2.24, 2.45) is 17.3 Å². The van der Waals surface area contributed by atoms with Gasteiger partial charge in [0.15, 0.2) is 0 Å². The second-order valence-electron chi connectivity index (χ2n) is 8.50. The Morgan fingerprint density at radius 2 is 2.09 bits per heavy atom. The van der Waals surface area contributed by atoms with Gasteiger partial charge in [-0.05, 0) is 42.9 Å². The average molecular weight is 292 g/mol. The highest BCUT2D eigenvalue weighted by molar-refractivity contribution is 5.71. The molecule has 0 unspecified atom stereocenters. The van der Waals surface area contributed by atoms with Crippen LogP contribution >= 0.6 is 0 Å². The van der Waals surface area contributed by atoms with E-state index in [1.54, 1.807) is 5.56 Å². The summed E-state index contributed by atoms with van der Waals surface area (Å²) in [6.45, 7) is 7.48. The van der Waals surface area contributed by atoms with Crippen LogP contribution in [0.3, 0.4) is 0 Å². The van der Waals surface area contributed by atoms with Crippen LogP contribution in [0.1, 0.15) is 32.3 Å². The van der Waals surface area contributed by atoms with Crippen LogP contribution in [0.4, 0.5) is 5.69 Å². The lowest BCUT2D eigenvalue weighted by atomic mass is 9.57. The molecule has 1 saturated heterocycles. The molecule has 6 rings (SSSR count). The molecule has 2 nitrogen and oxygen atoms in total. The van der Waals surface area contributed by atoms with E-state index in [0.717, 1.165) is 12.5 Å². The predicted octanol–water partition coefficient (Wildman–Crippen LogP) is 3.41. The third-order valence-corrected chi connectivity index (χ3v) is 8.32. The van der Waals surface area contributed by atoms with Crippen LogP contribution in [0, 0.1) is 17.3 Å². The van der Waals surface area contributed by atoms with E-state index in [4.69, 9.17) is 0 Å². The van der Waals surface area contributed by atoms with Crippen LogP contribution in [0.25, 0.3) is 0 Å². The molecule has 6 atom stereocenters. The minimum atomic E-state index is 0.269. The minimum Gasteiger partial charge on any atom is -0.378 e. The summed E-state index contributed by atoms with van der Waals surface area (Å²) in [7, 11) is 0. The maximum atomic E-state index is 4.11. The van der Waals surface area contributed by atoms with Gasteiger partial charge in [0.25, 0.3) is 0 Å². The molecule has 5 aliphatic rings. The van der Waals surface area contributed by atoms with Gasteiger partial charge < -0.3 is 5.32 Å². The quantitative estimate of drug-likeness (QED) is 0.737. The normalized spacial score (nSPS) is 53.3. The van der Waals surface area contributed by atoms with Crippen molar-refractivity contribution in [2.45, 2.75) is 43.7 Å². The maximum absolute atomic E-state index is 4.11. The van der Waals surface area contributed by atoms with E-state index in [9.17, 15) is 0 Å². The van der Waals surface area contributed by atoms with E-state index in [0.29, 0.717) is 22.8 Å². The molecule has 1 aromatic rings. The number of nitrogens with one attached hydrogen (secondary N) is 1. The SMILES string of the molecule is C[C@@H]1C[C@@]23C=CCN4CC[C@@]5(c6ccccc6N[C@@]15[C@@H]2C)[C@@H]43. The predicted molar refractivity (Wildman–Crippen MR) is 89.0 cm³/mol.